The number of imidazole rings is 1. The topological polar surface area (TPSA) is 120 Å². The average Bonchev–Trinajstić information content (AvgIpc) is 3.39. The number of para-hydroxylation sites is 1. The van der Waals surface area contributed by atoms with Crippen molar-refractivity contribution in [1.82, 2.24) is 29.5 Å². The summed E-state index contributed by atoms with van der Waals surface area (Å²) in [4.78, 5) is 34.7. The molecule has 4 aromatic rings. The van der Waals surface area contributed by atoms with E-state index in [1.54, 1.807) is 19.6 Å². The van der Waals surface area contributed by atoms with Crippen LogP contribution >= 0.6 is 0 Å². The predicted octanol–water partition coefficient (Wildman–Crippen LogP) is 5.59. The zero-order valence-electron chi connectivity index (χ0n) is 22.2. The molecule has 1 aliphatic heterocycles. The minimum Gasteiger partial charge on any atom is -0.369 e. The summed E-state index contributed by atoms with van der Waals surface area (Å²) in [7, 11) is 0. The largest absolute Gasteiger partial charge is 0.369 e. The fourth-order valence-electron chi connectivity index (χ4n) is 4.89. The highest BCUT2D eigenvalue weighted by Gasteiger charge is 2.22. The van der Waals surface area contributed by atoms with Gasteiger partial charge in [0, 0.05) is 25.0 Å². The molecule has 5 rings (SSSR count). The van der Waals surface area contributed by atoms with Gasteiger partial charge in [-0.15, -0.1) is 0 Å². The Morgan fingerprint density at radius 1 is 1.11 bits per heavy atom. The maximum Gasteiger partial charge on any atom is 0.167 e. The highest BCUT2D eigenvalue weighted by Crippen LogP contribution is 2.30. The molecule has 0 saturated carbocycles. The van der Waals surface area contributed by atoms with Gasteiger partial charge in [-0.05, 0) is 57.6 Å². The van der Waals surface area contributed by atoms with Crippen LogP contribution in [0.1, 0.15) is 83.3 Å². The summed E-state index contributed by atoms with van der Waals surface area (Å²) < 4.78 is 7.97. The van der Waals surface area contributed by atoms with E-state index in [4.69, 9.17) is 14.7 Å². The normalized spacial score (nSPS) is 16.5. The minimum atomic E-state index is -0.162. The van der Waals surface area contributed by atoms with Crippen molar-refractivity contribution in [3.05, 3.63) is 42.7 Å². The van der Waals surface area contributed by atoms with Crippen LogP contribution in [0.2, 0.25) is 0 Å². The molecule has 0 bridgehead atoms. The Morgan fingerprint density at radius 2 is 2.00 bits per heavy atom. The Labute approximate surface area is 222 Å². The molecule has 0 radical (unpaired) electrons. The molecule has 0 aliphatic carbocycles. The molecular formula is C28H36N8O2. The zero-order chi connectivity index (χ0) is 26.3. The van der Waals surface area contributed by atoms with Crippen molar-refractivity contribution >= 4 is 39.5 Å². The van der Waals surface area contributed by atoms with Gasteiger partial charge in [0.05, 0.1) is 17.9 Å². The fourth-order valence-corrected chi connectivity index (χ4v) is 4.89. The second-order valence-corrected chi connectivity index (χ2v) is 9.86. The molecule has 1 aliphatic rings. The summed E-state index contributed by atoms with van der Waals surface area (Å²) in [5.41, 5.74) is 2.36. The lowest BCUT2D eigenvalue weighted by molar-refractivity contribution is -0.117. The molecule has 1 fully saturated rings. The standard InChI is InChI=1S/C28H36N8O2/c1-3-21(33-27-24-28(31-17-30-27)36(18-32-24)23-14-8-10-16-38-23)26-34-22-13-7-6-12-20(22)25(35-26)29-15-9-4-5-11-19(2)37/h6-7,12-13,17-18,21,23H,3-5,8-11,14-16H2,1-2H3,(H,29,34,35)(H,30,31,33)/t21-,23?/m0/s1. The lowest BCUT2D eigenvalue weighted by Crippen LogP contribution is -2.18. The van der Waals surface area contributed by atoms with Crippen LogP contribution in [0, 0.1) is 0 Å². The number of carbonyl (C=O) groups is 1. The van der Waals surface area contributed by atoms with Crippen LogP contribution in [0.5, 0.6) is 0 Å². The van der Waals surface area contributed by atoms with Gasteiger partial charge in [-0.1, -0.05) is 25.5 Å². The number of nitrogens with zero attached hydrogens (tertiary/aromatic N) is 6. The van der Waals surface area contributed by atoms with Gasteiger partial charge in [0.25, 0.3) is 0 Å². The highest BCUT2D eigenvalue weighted by molar-refractivity contribution is 5.89. The quantitative estimate of drug-likeness (QED) is 0.232. The van der Waals surface area contributed by atoms with Gasteiger partial charge in [0.1, 0.15) is 24.2 Å². The van der Waals surface area contributed by atoms with Crippen molar-refractivity contribution < 1.29 is 9.53 Å². The van der Waals surface area contributed by atoms with Gasteiger partial charge >= 0.3 is 0 Å². The average molecular weight is 517 g/mol. The van der Waals surface area contributed by atoms with E-state index >= 15 is 0 Å². The smallest absolute Gasteiger partial charge is 0.167 e. The minimum absolute atomic E-state index is 0.0432. The number of anilines is 2. The van der Waals surface area contributed by atoms with Gasteiger partial charge in [-0.3, -0.25) is 4.57 Å². The third kappa shape index (κ3) is 5.91. The highest BCUT2D eigenvalue weighted by atomic mass is 16.5. The van der Waals surface area contributed by atoms with Crippen LogP contribution < -0.4 is 10.6 Å². The van der Waals surface area contributed by atoms with E-state index in [1.807, 2.05) is 28.8 Å². The van der Waals surface area contributed by atoms with E-state index in [1.165, 1.54) is 0 Å². The van der Waals surface area contributed by atoms with E-state index in [2.05, 4.69) is 32.5 Å². The van der Waals surface area contributed by atoms with Gasteiger partial charge < -0.3 is 20.2 Å². The monoisotopic (exact) mass is 516 g/mol. The van der Waals surface area contributed by atoms with E-state index in [0.29, 0.717) is 23.6 Å². The summed E-state index contributed by atoms with van der Waals surface area (Å²) in [6, 6.07) is 7.89. The zero-order valence-corrected chi connectivity index (χ0v) is 22.2. The molecule has 4 heterocycles. The van der Waals surface area contributed by atoms with Gasteiger partial charge in [0.2, 0.25) is 0 Å². The molecule has 1 saturated heterocycles. The van der Waals surface area contributed by atoms with Crippen molar-refractivity contribution in [2.75, 3.05) is 23.8 Å². The third-order valence-corrected chi connectivity index (χ3v) is 6.97. The first-order chi connectivity index (χ1) is 18.6. The Balaban J connectivity index is 1.36. The molecule has 2 N–H and O–H groups in total. The predicted molar refractivity (Wildman–Crippen MR) is 148 cm³/mol. The van der Waals surface area contributed by atoms with Gasteiger partial charge in [-0.25, -0.2) is 24.9 Å². The first-order valence-electron chi connectivity index (χ1n) is 13.7. The Hall–Kier alpha value is -3.66. The maximum absolute atomic E-state index is 11.2. The first-order valence-corrected chi connectivity index (χ1v) is 13.7. The lowest BCUT2D eigenvalue weighted by Gasteiger charge is -2.23. The van der Waals surface area contributed by atoms with E-state index in [9.17, 15) is 4.79 Å². The number of nitrogens with one attached hydrogen (secondary N) is 2. The molecule has 3 aromatic heterocycles. The summed E-state index contributed by atoms with van der Waals surface area (Å²) in [5.74, 6) is 2.43. The Kier molecular flexibility index (Phi) is 8.37. The summed E-state index contributed by atoms with van der Waals surface area (Å²) in [6.07, 6.45) is 10.8. The maximum atomic E-state index is 11.2. The summed E-state index contributed by atoms with van der Waals surface area (Å²) in [6.45, 7) is 5.29. The van der Waals surface area contributed by atoms with Crippen molar-refractivity contribution in [2.45, 2.75) is 77.5 Å². The Bertz CT molecular complexity index is 1380. The molecular weight excluding hydrogens is 480 g/mol. The van der Waals surface area contributed by atoms with Crippen LogP contribution in [0.3, 0.4) is 0 Å². The molecule has 10 heteroatoms. The molecule has 1 unspecified atom stereocenters. The van der Waals surface area contributed by atoms with E-state index in [0.717, 1.165) is 80.5 Å². The number of ether oxygens (including phenoxy) is 1. The van der Waals surface area contributed by atoms with Crippen LogP contribution in [0.15, 0.2) is 36.9 Å². The summed E-state index contributed by atoms with van der Waals surface area (Å²) >= 11 is 0. The molecule has 0 amide bonds. The molecule has 2 atom stereocenters. The second kappa shape index (κ2) is 12.3. The van der Waals surface area contributed by atoms with Crippen LogP contribution in [-0.4, -0.2) is 48.4 Å². The Morgan fingerprint density at radius 3 is 2.82 bits per heavy atom. The van der Waals surface area contributed by atoms with E-state index < -0.39 is 0 Å². The number of aromatic nitrogens is 6. The summed E-state index contributed by atoms with van der Waals surface area (Å²) in [5, 5.41) is 8.04. The third-order valence-electron chi connectivity index (χ3n) is 6.97. The van der Waals surface area contributed by atoms with Crippen molar-refractivity contribution in [2.24, 2.45) is 0 Å². The SMILES string of the molecule is CC[C@H](Nc1ncnc2c1ncn2C1CCCCO1)c1nc(NCCCCCC(C)=O)c2ccccc2n1. The second-order valence-electron chi connectivity index (χ2n) is 9.86. The fraction of sp³-hybridized carbons (Fsp3) is 0.500. The van der Waals surface area contributed by atoms with Crippen LogP contribution in [0.25, 0.3) is 22.1 Å². The molecule has 38 heavy (non-hydrogen) atoms. The number of carbonyl (C=O) groups excluding carboxylic acids is 1. The lowest BCUT2D eigenvalue weighted by atomic mass is 10.1. The molecule has 10 nitrogen and oxygen atoms in total. The first kappa shape index (κ1) is 26.0. The number of benzene rings is 1. The van der Waals surface area contributed by atoms with Gasteiger partial charge in [-0.2, -0.15) is 0 Å². The molecule has 200 valence electrons. The van der Waals surface area contributed by atoms with Crippen molar-refractivity contribution in [3.8, 4) is 0 Å². The van der Waals surface area contributed by atoms with Crippen LogP contribution in [-0.2, 0) is 9.53 Å². The number of Topliss-reactive ketones (excluding diaryl/α,β-unsaturated/α-hetero) is 1. The number of ketones is 1. The van der Waals surface area contributed by atoms with Crippen molar-refractivity contribution in [3.63, 3.8) is 0 Å². The molecule has 0 spiro atoms. The molecule has 1 aromatic carbocycles. The number of hydrogen-bond acceptors (Lipinski definition) is 9. The van der Waals surface area contributed by atoms with Gasteiger partial charge in [0.15, 0.2) is 22.8 Å². The number of hydrogen-bond donors (Lipinski definition) is 2. The number of rotatable bonds is 12. The number of fused-ring (bicyclic) bond motifs is 2. The van der Waals surface area contributed by atoms with E-state index in [-0.39, 0.29) is 18.1 Å². The van der Waals surface area contributed by atoms with Crippen LogP contribution in [0.4, 0.5) is 11.6 Å². The van der Waals surface area contributed by atoms with Crippen molar-refractivity contribution in [1.29, 1.82) is 0 Å². The number of unbranched alkanes of at least 4 members (excludes halogenated alkanes) is 2.